The van der Waals surface area contributed by atoms with Crippen molar-refractivity contribution in [1.29, 1.82) is 0 Å². The average molecular weight is 374 g/mol. The van der Waals surface area contributed by atoms with E-state index in [9.17, 15) is 20.2 Å². The Bertz CT molecular complexity index is 745. The minimum absolute atomic E-state index is 0.217. The largest absolute Gasteiger partial charge is 0.399 e. The second-order valence-corrected chi connectivity index (χ2v) is 6.27. The topological polar surface area (TPSA) is 148 Å². The van der Waals surface area contributed by atoms with Crippen molar-refractivity contribution in [2.45, 2.75) is 37.1 Å². The van der Waals surface area contributed by atoms with Gasteiger partial charge in [-0.05, 0) is 50.3 Å². The Hall–Kier alpha value is -3.20. The van der Waals surface area contributed by atoms with Crippen LogP contribution in [0.5, 0.6) is 0 Å². The van der Waals surface area contributed by atoms with Gasteiger partial charge in [0.15, 0.2) is 11.2 Å². The van der Waals surface area contributed by atoms with Crippen LogP contribution in [0.2, 0.25) is 0 Å². The van der Waals surface area contributed by atoms with E-state index in [-0.39, 0.29) is 11.4 Å². The number of nitrogens with zero attached hydrogens (tertiary/aromatic N) is 2. The van der Waals surface area contributed by atoms with E-state index >= 15 is 0 Å². The molecule has 0 aromatic heterocycles. The van der Waals surface area contributed by atoms with E-state index in [2.05, 4.69) is 0 Å². The lowest BCUT2D eigenvalue weighted by molar-refractivity contribution is -0.545. The quantitative estimate of drug-likeness (QED) is 0.409. The third-order valence-corrected chi connectivity index (χ3v) is 4.36. The van der Waals surface area contributed by atoms with Gasteiger partial charge in [-0.3, -0.25) is 20.2 Å². The number of nitrogens with two attached hydrogens (primary N) is 2. The fourth-order valence-electron chi connectivity index (χ4n) is 3.23. The first kappa shape index (κ1) is 20.1. The molecule has 0 fully saturated rings. The summed E-state index contributed by atoms with van der Waals surface area (Å²) in [5.74, 6) is 0. The van der Waals surface area contributed by atoms with Crippen molar-refractivity contribution in [3.05, 3.63) is 92.4 Å². The number of allylic oxidation sites excluding steroid dienone is 4. The van der Waals surface area contributed by atoms with Crippen molar-refractivity contribution < 1.29 is 14.6 Å². The van der Waals surface area contributed by atoms with Gasteiger partial charge in [0.05, 0.1) is 0 Å². The van der Waals surface area contributed by atoms with Gasteiger partial charge < -0.3 is 16.2 Å². The van der Waals surface area contributed by atoms with E-state index < -0.39 is 33.1 Å². The summed E-state index contributed by atoms with van der Waals surface area (Å²) in [5, 5.41) is 23.4. The molecular formula is C18H22N4O5. The van der Waals surface area contributed by atoms with Crippen LogP contribution in [0.1, 0.15) is 13.8 Å². The molecule has 4 unspecified atom stereocenters. The Balaban J connectivity index is 2.64. The molecule has 0 heterocycles. The Morgan fingerprint density at radius 1 is 0.926 bits per heavy atom. The summed E-state index contributed by atoms with van der Waals surface area (Å²) in [6, 6.07) is -2.71. The summed E-state index contributed by atoms with van der Waals surface area (Å²) in [6.07, 6.45) is 14.6. The van der Waals surface area contributed by atoms with Gasteiger partial charge in [0.25, 0.3) is 12.1 Å². The molecule has 2 aliphatic rings. The summed E-state index contributed by atoms with van der Waals surface area (Å²) < 4.78 is 6.20. The van der Waals surface area contributed by atoms with Crippen LogP contribution in [0.15, 0.2) is 72.2 Å². The third kappa shape index (κ3) is 3.82. The molecule has 0 radical (unpaired) electrons. The number of hydrogen-bond donors (Lipinski definition) is 2. The highest BCUT2D eigenvalue weighted by Crippen LogP contribution is 2.38. The Kier molecular flexibility index (Phi) is 5.65. The van der Waals surface area contributed by atoms with Crippen molar-refractivity contribution in [2.24, 2.45) is 11.5 Å². The maximum atomic E-state index is 11.7. The normalized spacial score (nSPS) is 33.3. The molecule has 144 valence electrons. The highest BCUT2D eigenvalue weighted by atomic mass is 16.6. The fraction of sp³-hybridized carbons (Fsp3) is 0.333. The molecule has 4 atom stereocenters. The SMILES string of the molecule is CC=CC1(OC2(C=CC)C=CC(N)=CC2[N+](=O)[O-])C=CC(N)=CC1[N+](=O)[O-]. The predicted octanol–water partition coefficient (Wildman–Crippen LogP) is 1.75. The van der Waals surface area contributed by atoms with Gasteiger partial charge in [0.1, 0.15) is 0 Å². The highest BCUT2D eigenvalue weighted by Gasteiger charge is 2.54. The van der Waals surface area contributed by atoms with Crippen molar-refractivity contribution in [3.63, 3.8) is 0 Å². The molecule has 2 aliphatic carbocycles. The number of nitro groups is 2. The molecule has 0 aromatic carbocycles. The van der Waals surface area contributed by atoms with Gasteiger partial charge in [-0.1, -0.05) is 12.2 Å². The zero-order chi connectivity index (χ0) is 20.2. The minimum Gasteiger partial charge on any atom is -0.399 e. The zero-order valence-corrected chi connectivity index (χ0v) is 15.0. The van der Waals surface area contributed by atoms with Gasteiger partial charge in [-0.15, -0.1) is 0 Å². The van der Waals surface area contributed by atoms with E-state index in [1.807, 2.05) is 0 Å². The van der Waals surface area contributed by atoms with Crippen molar-refractivity contribution in [2.75, 3.05) is 0 Å². The predicted molar refractivity (Wildman–Crippen MR) is 101 cm³/mol. The molecule has 0 saturated carbocycles. The van der Waals surface area contributed by atoms with E-state index in [1.54, 1.807) is 26.0 Å². The van der Waals surface area contributed by atoms with Gasteiger partial charge in [0.2, 0.25) is 0 Å². The van der Waals surface area contributed by atoms with Crippen LogP contribution in [0, 0.1) is 20.2 Å². The lowest BCUT2D eigenvalue weighted by Crippen LogP contribution is -2.57. The van der Waals surface area contributed by atoms with Crippen molar-refractivity contribution >= 4 is 0 Å². The van der Waals surface area contributed by atoms with Crippen molar-refractivity contribution in [1.82, 2.24) is 0 Å². The molecule has 0 aromatic rings. The van der Waals surface area contributed by atoms with Crippen LogP contribution >= 0.6 is 0 Å². The van der Waals surface area contributed by atoms with Gasteiger partial charge >= 0.3 is 0 Å². The van der Waals surface area contributed by atoms with Crippen LogP contribution in [0.25, 0.3) is 0 Å². The number of hydrogen-bond acceptors (Lipinski definition) is 7. The van der Waals surface area contributed by atoms with Crippen LogP contribution in [-0.2, 0) is 4.74 Å². The number of rotatable bonds is 6. The van der Waals surface area contributed by atoms with E-state index in [0.29, 0.717) is 0 Å². The molecule has 0 saturated heterocycles. The lowest BCUT2D eigenvalue weighted by atomic mass is 9.83. The first-order valence-corrected chi connectivity index (χ1v) is 8.27. The molecule has 9 heteroatoms. The fourth-order valence-corrected chi connectivity index (χ4v) is 3.23. The summed E-state index contributed by atoms with van der Waals surface area (Å²) in [4.78, 5) is 22.4. The maximum absolute atomic E-state index is 11.7. The van der Waals surface area contributed by atoms with Gasteiger partial charge in [-0.2, -0.15) is 0 Å². The third-order valence-electron chi connectivity index (χ3n) is 4.36. The molecule has 2 rings (SSSR count). The Morgan fingerprint density at radius 3 is 1.59 bits per heavy atom. The second-order valence-electron chi connectivity index (χ2n) is 6.27. The molecule has 4 N–H and O–H groups in total. The van der Waals surface area contributed by atoms with E-state index in [4.69, 9.17) is 16.2 Å². The summed E-state index contributed by atoms with van der Waals surface area (Å²) in [6.45, 7) is 3.36. The standard InChI is InChI=1S/C18H22N4O5/c1-3-7-17(9-5-13(19)11-15(17)21(23)24)27-18(8-4-2)10-6-14(20)12-16(18)22(25)26/h3-12,15-16H,19-20H2,1-2H3. The summed E-state index contributed by atoms with van der Waals surface area (Å²) in [5.41, 5.74) is 8.75. The van der Waals surface area contributed by atoms with Crippen LogP contribution in [0.3, 0.4) is 0 Å². The minimum atomic E-state index is -1.57. The van der Waals surface area contributed by atoms with E-state index in [1.165, 1.54) is 48.6 Å². The Morgan fingerprint density at radius 2 is 1.30 bits per heavy atom. The summed E-state index contributed by atoms with van der Waals surface area (Å²) >= 11 is 0. The van der Waals surface area contributed by atoms with Gasteiger partial charge in [-0.25, -0.2) is 0 Å². The maximum Gasteiger partial charge on any atom is 0.269 e. The second kappa shape index (κ2) is 7.58. The first-order chi connectivity index (χ1) is 12.7. The lowest BCUT2D eigenvalue weighted by Gasteiger charge is -2.40. The smallest absolute Gasteiger partial charge is 0.269 e. The van der Waals surface area contributed by atoms with Crippen LogP contribution < -0.4 is 11.5 Å². The van der Waals surface area contributed by atoms with Gasteiger partial charge in [0, 0.05) is 33.4 Å². The molecule has 9 nitrogen and oxygen atoms in total. The zero-order valence-electron chi connectivity index (χ0n) is 15.0. The number of ether oxygens (including phenoxy) is 1. The monoisotopic (exact) mass is 374 g/mol. The molecule has 0 amide bonds. The van der Waals surface area contributed by atoms with Crippen LogP contribution in [0.4, 0.5) is 0 Å². The molecule has 0 spiro atoms. The highest BCUT2D eigenvalue weighted by molar-refractivity contribution is 5.39. The molecule has 27 heavy (non-hydrogen) atoms. The average Bonchev–Trinajstić information content (AvgIpc) is 2.59. The summed E-state index contributed by atoms with van der Waals surface area (Å²) in [7, 11) is 0. The van der Waals surface area contributed by atoms with E-state index in [0.717, 1.165) is 0 Å². The molecule has 0 bridgehead atoms. The first-order valence-electron chi connectivity index (χ1n) is 8.27. The Labute approximate surface area is 156 Å². The van der Waals surface area contributed by atoms with Crippen LogP contribution in [-0.4, -0.2) is 33.1 Å². The molecular weight excluding hydrogens is 352 g/mol. The van der Waals surface area contributed by atoms with Crippen molar-refractivity contribution in [3.8, 4) is 0 Å². The molecule has 0 aliphatic heterocycles.